The third-order valence-electron chi connectivity index (χ3n) is 4.59. The summed E-state index contributed by atoms with van der Waals surface area (Å²) in [7, 11) is 0. The van der Waals surface area contributed by atoms with Crippen molar-refractivity contribution in [1.29, 1.82) is 0 Å². The van der Waals surface area contributed by atoms with E-state index in [1.54, 1.807) is 5.57 Å². The van der Waals surface area contributed by atoms with Crippen molar-refractivity contribution in [2.24, 2.45) is 17.8 Å². The number of rotatable bonds is 5. The Hall–Kier alpha value is -0.780. The van der Waals surface area contributed by atoms with Crippen LogP contribution in [0.5, 0.6) is 0 Å². The number of allylic oxidation sites excluding steroid dienone is 6. The molecular formula is C21H38. The fourth-order valence-corrected chi connectivity index (χ4v) is 2.42. The van der Waals surface area contributed by atoms with Crippen LogP contribution in [-0.2, 0) is 0 Å². The first-order valence-corrected chi connectivity index (χ1v) is 8.94. The Morgan fingerprint density at radius 3 is 2.33 bits per heavy atom. The first-order chi connectivity index (χ1) is 9.94. The molecule has 1 aliphatic carbocycles. The lowest BCUT2D eigenvalue weighted by Crippen LogP contribution is -2.02. The Kier molecular flexibility index (Phi) is 11.4. The van der Waals surface area contributed by atoms with E-state index in [-0.39, 0.29) is 0 Å². The average Bonchev–Trinajstić information content (AvgIpc) is 2.48. The van der Waals surface area contributed by atoms with Crippen LogP contribution in [0.2, 0.25) is 0 Å². The third-order valence-corrected chi connectivity index (χ3v) is 4.59. The van der Waals surface area contributed by atoms with E-state index in [0.717, 1.165) is 5.92 Å². The Balaban J connectivity index is 0.000000394. The van der Waals surface area contributed by atoms with Crippen molar-refractivity contribution in [3.8, 4) is 0 Å². The van der Waals surface area contributed by atoms with Crippen LogP contribution in [0.3, 0.4) is 0 Å². The molecule has 0 saturated heterocycles. The highest BCUT2D eigenvalue weighted by Crippen LogP contribution is 2.24. The summed E-state index contributed by atoms with van der Waals surface area (Å²) in [6.07, 6.45) is 15.9. The summed E-state index contributed by atoms with van der Waals surface area (Å²) in [6, 6.07) is 0. The lowest BCUT2D eigenvalue weighted by Gasteiger charge is -2.17. The van der Waals surface area contributed by atoms with Gasteiger partial charge in [0.15, 0.2) is 0 Å². The summed E-state index contributed by atoms with van der Waals surface area (Å²) in [6.45, 7) is 15.6. The molecule has 21 heavy (non-hydrogen) atoms. The average molecular weight is 291 g/mol. The highest BCUT2D eigenvalue weighted by Gasteiger charge is 2.08. The molecule has 0 heteroatoms. The normalized spacial score (nSPS) is 21.0. The minimum absolute atomic E-state index is 0.648. The Morgan fingerprint density at radius 2 is 1.95 bits per heavy atom. The van der Waals surface area contributed by atoms with E-state index in [1.807, 2.05) is 0 Å². The molecule has 0 bridgehead atoms. The molecule has 122 valence electrons. The van der Waals surface area contributed by atoms with Crippen LogP contribution in [0.25, 0.3) is 0 Å². The van der Waals surface area contributed by atoms with Gasteiger partial charge in [-0.3, -0.25) is 0 Å². The Bertz CT molecular complexity index is 341. The molecule has 1 aliphatic rings. The maximum absolute atomic E-state index is 2.40. The topological polar surface area (TPSA) is 0 Å². The molecule has 0 aromatic heterocycles. The van der Waals surface area contributed by atoms with E-state index in [0.29, 0.717) is 11.8 Å². The summed E-state index contributed by atoms with van der Waals surface area (Å²) in [4.78, 5) is 0. The Morgan fingerprint density at radius 1 is 1.29 bits per heavy atom. The standard InChI is InChI=1S/C12H22.C9H16/c1-6-11(5)8-9-12(7-2)10(3)4;1-3-9-6-4-8(2)5-7-9/h7-11H,6H2,1-5H3;4,9H,3,5-7H2,1-2H3/b9-8-,12-7+;. The fraction of sp³-hybridized carbons (Fsp3) is 0.714. The van der Waals surface area contributed by atoms with Gasteiger partial charge in [0.25, 0.3) is 0 Å². The van der Waals surface area contributed by atoms with Crippen LogP contribution in [0, 0.1) is 17.8 Å². The molecule has 0 aromatic rings. The monoisotopic (exact) mass is 290 g/mol. The van der Waals surface area contributed by atoms with Crippen molar-refractivity contribution >= 4 is 0 Å². The summed E-state index contributed by atoms with van der Waals surface area (Å²) in [5.74, 6) is 2.35. The molecule has 0 spiro atoms. The lowest BCUT2D eigenvalue weighted by molar-refractivity contribution is 0.456. The molecule has 0 heterocycles. The minimum atomic E-state index is 0.648. The van der Waals surface area contributed by atoms with Crippen molar-refractivity contribution in [1.82, 2.24) is 0 Å². The van der Waals surface area contributed by atoms with Crippen molar-refractivity contribution in [3.05, 3.63) is 35.5 Å². The molecule has 0 nitrogen and oxygen atoms in total. The second-order valence-corrected chi connectivity index (χ2v) is 6.79. The van der Waals surface area contributed by atoms with Crippen LogP contribution in [-0.4, -0.2) is 0 Å². The van der Waals surface area contributed by atoms with Crippen molar-refractivity contribution in [3.63, 3.8) is 0 Å². The van der Waals surface area contributed by atoms with Gasteiger partial charge in [-0.1, -0.05) is 82.9 Å². The summed E-state index contributed by atoms with van der Waals surface area (Å²) in [5.41, 5.74) is 3.04. The summed E-state index contributed by atoms with van der Waals surface area (Å²) in [5, 5.41) is 0. The predicted molar refractivity (Wildman–Crippen MR) is 98.6 cm³/mol. The Labute approximate surface area is 134 Å². The van der Waals surface area contributed by atoms with Crippen molar-refractivity contribution in [2.75, 3.05) is 0 Å². The zero-order chi connectivity index (χ0) is 16.3. The van der Waals surface area contributed by atoms with Gasteiger partial charge >= 0.3 is 0 Å². The van der Waals surface area contributed by atoms with Crippen LogP contribution >= 0.6 is 0 Å². The zero-order valence-electron chi connectivity index (χ0n) is 15.6. The zero-order valence-corrected chi connectivity index (χ0v) is 15.6. The molecule has 1 rings (SSSR count). The van der Waals surface area contributed by atoms with E-state index in [1.165, 1.54) is 37.7 Å². The van der Waals surface area contributed by atoms with Crippen molar-refractivity contribution < 1.29 is 0 Å². The number of hydrogen-bond donors (Lipinski definition) is 0. The second-order valence-electron chi connectivity index (χ2n) is 6.79. The molecule has 0 radical (unpaired) electrons. The van der Waals surface area contributed by atoms with Gasteiger partial charge in [-0.05, 0) is 50.9 Å². The van der Waals surface area contributed by atoms with Gasteiger partial charge in [0.05, 0.1) is 0 Å². The smallest absolute Gasteiger partial charge is 0.0222 e. The quantitative estimate of drug-likeness (QED) is 0.367. The van der Waals surface area contributed by atoms with Gasteiger partial charge in [-0.15, -0.1) is 0 Å². The minimum Gasteiger partial charge on any atom is -0.0853 e. The lowest BCUT2D eigenvalue weighted by atomic mass is 9.89. The molecule has 0 saturated carbocycles. The summed E-state index contributed by atoms with van der Waals surface area (Å²) < 4.78 is 0. The van der Waals surface area contributed by atoms with E-state index in [9.17, 15) is 0 Å². The van der Waals surface area contributed by atoms with Gasteiger partial charge in [0.2, 0.25) is 0 Å². The van der Waals surface area contributed by atoms with Gasteiger partial charge < -0.3 is 0 Å². The van der Waals surface area contributed by atoms with E-state index < -0.39 is 0 Å². The summed E-state index contributed by atoms with van der Waals surface area (Å²) >= 11 is 0. The molecule has 2 unspecified atom stereocenters. The molecular weight excluding hydrogens is 252 g/mol. The molecule has 0 N–H and O–H groups in total. The molecule has 0 aromatic carbocycles. The van der Waals surface area contributed by atoms with Crippen LogP contribution in [0.15, 0.2) is 35.5 Å². The van der Waals surface area contributed by atoms with Crippen LogP contribution in [0.4, 0.5) is 0 Å². The largest absolute Gasteiger partial charge is 0.0853 e. The van der Waals surface area contributed by atoms with Crippen LogP contribution in [0.1, 0.15) is 80.6 Å². The van der Waals surface area contributed by atoms with Gasteiger partial charge in [-0.25, -0.2) is 0 Å². The SMILES string of the molecule is C/C=C(\C=C/C(C)CC)C(C)C.CCC1CC=C(C)CC1. The first kappa shape index (κ1) is 20.2. The second kappa shape index (κ2) is 11.8. The highest BCUT2D eigenvalue weighted by molar-refractivity contribution is 5.20. The maximum Gasteiger partial charge on any atom is -0.0222 e. The molecule has 0 aliphatic heterocycles. The third kappa shape index (κ3) is 9.72. The number of hydrogen-bond acceptors (Lipinski definition) is 0. The van der Waals surface area contributed by atoms with E-state index in [4.69, 9.17) is 0 Å². The van der Waals surface area contributed by atoms with E-state index >= 15 is 0 Å². The van der Waals surface area contributed by atoms with Gasteiger partial charge in [-0.2, -0.15) is 0 Å². The fourth-order valence-electron chi connectivity index (χ4n) is 2.42. The first-order valence-electron chi connectivity index (χ1n) is 8.94. The van der Waals surface area contributed by atoms with Crippen molar-refractivity contribution in [2.45, 2.75) is 80.6 Å². The van der Waals surface area contributed by atoms with Gasteiger partial charge in [0, 0.05) is 0 Å². The highest BCUT2D eigenvalue weighted by atomic mass is 14.1. The molecule has 0 fully saturated rings. The van der Waals surface area contributed by atoms with Crippen LogP contribution < -0.4 is 0 Å². The van der Waals surface area contributed by atoms with Gasteiger partial charge in [0.1, 0.15) is 0 Å². The maximum atomic E-state index is 2.40. The predicted octanol–water partition coefficient (Wildman–Crippen LogP) is 7.33. The van der Waals surface area contributed by atoms with E-state index in [2.05, 4.69) is 72.8 Å². The molecule has 2 atom stereocenters. The molecule has 0 amide bonds.